The average molecular weight is 426 g/mol. The van der Waals surface area contributed by atoms with E-state index in [1.54, 1.807) is 30.3 Å². The van der Waals surface area contributed by atoms with Crippen LogP contribution in [-0.4, -0.2) is 11.1 Å². The van der Waals surface area contributed by atoms with E-state index in [0.29, 0.717) is 22.2 Å². The predicted octanol–water partition coefficient (Wildman–Crippen LogP) is 5.93. The Morgan fingerprint density at radius 3 is 2.67 bits per heavy atom. The normalized spacial score (nSPS) is 10.7. The van der Waals surface area contributed by atoms with E-state index in [1.165, 1.54) is 6.92 Å². The van der Waals surface area contributed by atoms with Gasteiger partial charge in [-0.25, -0.2) is 4.42 Å². The Morgan fingerprint density at radius 1 is 1.21 bits per heavy atom. The monoisotopic (exact) mass is 424 g/mol. The molecule has 0 fully saturated rings. The number of amides is 1. The first-order chi connectivity index (χ1) is 11.5. The Morgan fingerprint density at radius 2 is 1.96 bits per heavy atom. The first-order valence-corrected chi connectivity index (χ1v) is 8.46. The van der Waals surface area contributed by atoms with E-state index in [9.17, 15) is 4.79 Å². The second-order valence-electron chi connectivity index (χ2n) is 5.02. The first kappa shape index (κ1) is 17.0. The van der Waals surface area contributed by atoms with Crippen LogP contribution in [0.2, 0.25) is 5.02 Å². The Labute approximate surface area is 157 Å². The van der Waals surface area contributed by atoms with Crippen LogP contribution in [0.3, 0.4) is 0 Å². The highest BCUT2D eigenvalue weighted by molar-refractivity contribution is 9.10. The Kier molecular flexibility index (Phi) is 4.94. The molecule has 0 aliphatic rings. The third-order valence-corrected chi connectivity index (χ3v) is 4.77. The SMILES string of the molecule is CC(=O)N(Cl)c1cccc(-c2cc(-c3c(Cl)cccc3Br)no2)c1. The van der Waals surface area contributed by atoms with Crippen LogP contribution < -0.4 is 4.42 Å². The van der Waals surface area contributed by atoms with Crippen LogP contribution in [-0.2, 0) is 4.79 Å². The van der Waals surface area contributed by atoms with Gasteiger partial charge in [0.1, 0.15) is 5.69 Å². The van der Waals surface area contributed by atoms with Gasteiger partial charge in [0, 0.05) is 40.4 Å². The van der Waals surface area contributed by atoms with E-state index in [1.807, 2.05) is 18.2 Å². The summed E-state index contributed by atoms with van der Waals surface area (Å²) >= 11 is 15.7. The van der Waals surface area contributed by atoms with Crippen molar-refractivity contribution in [3.63, 3.8) is 0 Å². The summed E-state index contributed by atoms with van der Waals surface area (Å²) in [5, 5.41) is 4.66. The zero-order valence-corrected chi connectivity index (χ0v) is 15.6. The number of rotatable bonds is 3. The lowest BCUT2D eigenvalue weighted by Gasteiger charge is -2.11. The number of carbonyl (C=O) groups excluding carboxylic acids is 1. The highest BCUT2D eigenvalue weighted by atomic mass is 79.9. The van der Waals surface area contributed by atoms with Crippen molar-refractivity contribution in [3.05, 3.63) is 58.0 Å². The molecular weight excluding hydrogens is 415 g/mol. The smallest absolute Gasteiger partial charge is 0.238 e. The largest absolute Gasteiger partial charge is 0.356 e. The van der Waals surface area contributed by atoms with Gasteiger partial charge in [0.2, 0.25) is 5.91 Å². The first-order valence-electron chi connectivity index (χ1n) is 6.95. The van der Waals surface area contributed by atoms with Gasteiger partial charge < -0.3 is 4.52 Å². The van der Waals surface area contributed by atoms with Crippen molar-refractivity contribution in [2.24, 2.45) is 0 Å². The van der Waals surface area contributed by atoms with E-state index in [0.717, 1.165) is 20.0 Å². The van der Waals surface area contributed by atoms with Crippen LogP contribution in [0.15, 0.2) is 57.5 Å². The minimum Gasteiger partial charge on any atom is -0.356 e. The van der Waals surface area contributed by atoms with Gasteiger partial charge in [-0.05, 0) is 24.3 Å². The van der Waals surface area contributed by atoms with E-state index in [2.05, 4.69) is 21.1 Å². The van der Waals surface area contributed by atoms with Crippen LogP contribution >= 0.6 is 39.3 Å². The molecule has 0 saturated carbocycles. The summed E-state index contributed by atoms with van der Waals surface area (Å²) in [7, 11) is 0. The predicted molar refractivity (Wildman–Crippen MR) is 99.1 cm³/mol. The minimum atomic E-state index is -0.271. The number of carbonyl (C=O) groups is 1. The maximum Gasteiger partial charge on any atom is 0.238 e. The van der Waals surface area contributed by atoms with Crippen LogP contribution in [0, 0.1) is 0 Å². The number of benzene rings is 2. The topological polar surface area (TPSA) is 46.3 Å². The molecular formula is C17H11BrCl2N2O2. The molecule has 0 saturated heterocycles. The summed E-state index contributed by atoms with van der Waals surface area (Å²) in [5.41, 5.74) is 2.68. The zero-order valence-electron chi connectivity index (χ0n) is 12.5. The van der Waals surface area contributed by atoms with Crippen molar-refractivity contribution in [2.75, 3.05) is 4.42 Å². The molecule has 1 amide bonds. The van der Waals surface area contributed by atoms with Crippen molar-refractivity contribution in [1.29, 1.82) is 0 Å². The van der Waals surface area contributed by atoms with Gasteiger partial charge in [0.05, 0.1) is 10.7 Å². The summed E-state index contributed by atoms with van der Waals surface area (Å²) in [6, 6.07) is 14.4. The van der Waals surface area contributed by atoms with Gasteiger partial charge >= 0.3 is 0 Å². The number of aromatic nitrogens is 1. The standard InChI is InChI=1S/C17H11BrCl2N2O2/c1-10(23)22(20)12-5-2-4-11(8-12)16-9-15(21-24-16)17-13(18)6-3-7-14(17)19/h2-9H,1H3. The Bertz CT molecular complexity index is 891. The third-order valence-electron chi connectivity index (χ3n) is 3.36. The lowest BCUT2D eigenvalue weighted by atomic mass is 10.1. The van der Waals surface area contributed by atoms with Gasteiger partial charge in [0.15, 0.2) is 5.76 Å². The summed E-state index contributed by atoms with van der Waals surface area (Å²) in [6.07, 6.45) is 0. The highest BCUT2D eigenvalue weighted by Crippen LogP contribution is 2.36. The van der Waals surface area contributed by atoms with Crippen LogP contribution in [0.4, 0.5) is 5.69 Å². The zero-order chi connectivity index (χ0) is 17.3. The Balaban J connectivity index is 2.00. The molecule has 0 atom stereocenters. The maximum absolute atomic E-state index is 11.4. The van der Waals surface area contributed by atoms with E-state index >= 15 is 0 Å². The second kappa shape index (κ2) is 6.97. The molecule has 1 heterocycles. The molecule has 0 N–H and O–H groups in total. The van der Waals surface area contributed by atoms with E-state index < -0.39 is 0 Å². The van der Waals surface area contributed by atoms with Crippen molar-refractivity contribution in [2.45, 2.75) is 6.92 Å². The lowest BCUT2D eigenvalue weighted by molar-refractivity contribution is -0.115. The highest BCUT2D eigenvalue weighted by Gasteiger charge is 2.15. The number of nitrogens with zero attached hydrogens (tertiary/aromatic N) is 2. The summed E-state index contributed by atoms with van der Waals surface area (Å²) < 4.78 is 7.31. The summed E-state index contributed by atoms with van der Waals surface area (Å²) in [5.74, 6) is 0.277. The van der Waals surface area contributed by atoms with Gasteiger partial charge in [-0.1, -0.05) is 50.9 Å². The molecule has 3 rings (SSSR count). The fourth-order valence-corrected chi connectivity index (χ4v) is 3.29. The average Bonchev–Trinajstić information content (AvgIpc) is 3.03. The quantitative estimate of drug-likeness (QED) is 0.488. The number of hydrogen-bond acceptors (Lipinski definition) is 3. The Hall–Kier alpha value is -1.82. The van der Waals surface area contributed by atoms with Gasteiger partial charge in [0.25, 0.3) is 0 Å². The van der Waals surface area contributed by atoms with Crippen molar-refractivity contribution >= 4 is 50.9 Å². The van der Waals surface area contributed by atoms with E-state index in [4.69, 9.17) is 27.9 Å². The molecule has 2 aromatic carbocycles. The van der Waals surface area contributed by atoms with Crippen LogP contribution in [0.1, 0.15) is 6.92 Å². The van der Waals surface area contributed by atoms with E-state index in [-0.39, 0.29) is 5.91 Å². The van der Waals surface area contributed by atoms with Crippen molar-refractivity contribution < 1.29 is 9.32 Å². The minimum absolute atomic E-state index is 0.271. The maximum atomic E-state index is 11.4. The van der Waals surface area contributed by atoms with Gasteiger partial charge in [-0.3, -0.25) is 4.79 Å². The molecule has 0 aliphatic heterocycles. The second-order valence-corrected chi connectivity index (χ2v) is 6.62. The fourth-order valence-electron chi connectivity index (χ4n) is 2.23. The molecule has 0 aliphatic carbocycles. The molecule has 0 radical (unpaired) electrons. The number of hydrogen-bond donors (Lipinski definition) is 0. The number of anilines is 1. The summed E-state index contributed by atoms with van der Waals surface area (Å²) in [4.78, 5) is 11.4. The summed E-state index contributed by atoms with van der Waals surface area (Å²) in [6.45, 7) is 1.39. The lowest BCUT2D eigenvalue weighted by Crippen LogP contribution is -2.16. The van der Waals surface area contributed by atoms with Gasteiger partial charge in [-0.15, -0.1) is 0 Å². The molecule has 0 bridgehead atoms. The molecule has 3 aromatic rings. The molecule has 4 nitrogen and oxygen atoms in total. The molecule has 7 heteroatoms. The van der Waals surface area contributed by atoms with Crippen molar-refractivity contribution in [3.8, 4) is 22.6 Å². The van der Waals surface area contributed by atoms with Gasteiger partial charge in [-0.2, -0.15) is 0 Å². The van der Waals surface area contributed by atoms with Crippen LogP contribution in [0.5, 0.6) is 0 Å². The number of halogens is 3. The fraction of sp³-hybridized carbons (Fsp3) is 0.0588. The van der Waals surface area contributed by atoms with Crippen LogP contribution in [0.25, 0.3) is 22.6 Å². The molecule has 24 heavy (non-hydrogen) atoms. The molecule has 0 unspecified atom stereocenters. The van der Waals surface area contributed by atoms with Crippen molar-refractivity contribution in [1.82, 2.24) is 5.16 Å². The third kappa shape index (κ3) is 3.34. The molecule has 0 spiro atoms. The molecule has 1 aromatic heterocycles. The molecule has 122 valence electrons.